The lowest BCUT2D eigenvalue weighted by Crippen LogP contribution is -2.35. The normalized spacial score (nSPS) is 14.2. The summed E-state index contributed by atoms with van der Waals surface area (Å²) in [5.74, 6) is 0.0843. The van der Waals surface area contributed by atoms with Crippen LogP contribution in [0.5, 0.6) is 0 Å². The highest BCUT2D eigenvalue weighted by atomic mass is 16.2. The zero-order valence-electron chi connectivity index (χ0n) is 11.5. The van der Waals surface area contributed by atoms with Crippen LogP contribution in [0.15, 0.2) is 48.7 Å². The Morgan fingerprint density at radius 3 is 2.90 bits per heavy atom. The van der Waals surface area contributed by atoms with Crippen molar-refractivity contribution in [1.82, 2.24) is 15.1 Å². The molecule has 4 rings (SSSR count). The standard InChI is InChI=1S/C17H15N3O/c21-17(13-5-6-14-10-18-19-16(14)9-13)20-8-7-12-3-1-2-4-15(12)11-20/h1-6,9-10H,7-8,11H2,(H,18,19). The number of benzene rings is 2. The van der Waals surface area contributed by atoms with E-state index in [0.29, 0.717) is 12.1 Å². The lowest BCUT2D eigenvalue weighted by Gasteiger charge is -2.29. The van der Waals surface area contributed by atoms with E-state index >= 15 is 0 Å². The van der Waals surface area contributed by atoms with Crippen molar-refractivity contribution < 1.29 is 4.79 Å². The summed E-state index contributed by atoms with van der Waals surface area (Å²) in [5.41, 5.74) is 4.22. The minimum atomic E-state index is 0.0843. The number of aromatic nitrogens is 2. The second-order valence-corrected chi connectivity index (χ2v) is 5.42. The molecule has 1 N–H and O–H groups in total. The monoisotopic (exact) mass is 277 g/mol. The average Bonchev–Trinajstić information content (AvgIpc) is 3.01. The van der Waals surface area contributed by atoms with Crippen LogP contribution in [0.4, 0.5) is 0 Å². The van der Waals surface area contributed by atoms with Crippen molar-refractivity contribution in [2.75, 3.05) is 6.54 Å². The Balaban J connectivity index is 1.63. The number of nitrogens with one attached hydrogen (secondary N) is 1. The van der Waals surface area contributed by atoms with Crippen molar-refractivity contribution >= 4 is 16.8 Å². The van der Waals surface area contributed by atoms with Crippen molar-refractivity contribution in [3.05, 3.63) is 65.4 Å². The van der Waals surface area contributed by atoms with Gasteiger partial charge in [0.15, 0.2) is 0 Å². The van der Waals surface area contributed by atoms with Gasteiger partial charge in [-0.3, -0.25) is 9.89 Å². The molecule has 2 heterocycles. The smallest absolute Gasteiger partial charge is 0.254 e. The van der Waals surface area contributed by atoms with Gasteiger partial charge >= 0.3 is 0 Å². The molecule has 0 unspecified atom stereocenters. The van der Waals surface area contributed by atoms with Crippen LogP contribution in [0.2, 0.25) is 0 Å². The number of carbonyl (C=O) groups excluding carboxylic acids is 1. The van der Waals surface area contributed by atoms with Crippen LogP contribution in [0.3, 0.4) is 0 Å². The zero-order chi connectivity index (χ0) is 14.2. The predicted octanol–water partition coefficient (Wildman–Crippen LogP) is 2.76. The third-order valence-corrected chi connectivity index (χ3v) is 4.11. The number of hydrogen-bond acceptors (Lipinski definition) is 2. The minimum Gasteiger partial charge on any atom is -0.334 e. The number of hydrogen-bond donors (Lipinski definition) is 1. The molecule has 104 valence electrons. The first-order chi connectivity index (χ1) is 10.3. The van der Waals surface area contributed by atoms with Crippen LogP contribution in [0.1, 0.15) is 21.5 Å². The van der Waals surface area contributed by atoms with Gasteiger partial charge in [0, 0.05) is 24.0 Å². The first-order valence-electron chi connectivity index (χ1n) is 7.10. The zero-order valence-corrected chi connectivity index (χ0v) is 11.5. The Bertz CT molecular complexity index is 822. The molecule has 1 amide bonds. The molecule has 0 radical (unpaired) electrons. The van der Waals surface area contributed by atoms with Gasteiger partial charge in [-0.1, -0.05) is 30.3 Å². The van der Waals surface area contributed by atoms with E-state index in [0.717, 1.165) is 23.9 Å². The summed E-state index contributed by atoms with van der Waals surface area (Å²) in [4.78, 5) is 14.6. The quantitative estimate of drug-likeness (QED) is 0.743. The Hall–Kier alpha value is -2.62. The third-order valence-electron chi connectivity index (χ3n) is 4.11. The number of fused-ring (bicyclic) bond motifs is 2. The fourth-order valence-electron chi connectivity index (χ4n) is 2.92. The van der Waals surface area contributed by atoms with Crippen molar-refractivity contribution in [3.8, 4) is 0 Å². The van der Waals surface area contributed by atoms with Crippen molar-refractivity contribution in [3.63, 3.8) is 0 Å². The summed E-state index contributed by atoms with van der Waals surface area (Å²) in [6, 6.07) is 14.0. The highest BCUT2D eigenvalue weighted by molar-refractivity contribution is 5.97. The number of nitrogens with zero attached hydrogens (tertiary/aromatic N) is 2. The van der Waals surface area contributed by atoms with Crippen molar-refractivity contribution in [2.24, 2.45) is 0 Å². The minimum absolute atomic E-state index is 0.0843. The van der Waals surface area contributed by atoms with Crippen molar-refractivity contribution in [2.45, 2.75) is 13.0 Å². The van der Waals surface area contributed by atoms with E-state index < -0.39 is 0 Å². The number of carbonyl (C=O) groups is 1. The maximum absolute atomic E-state index is 12.7. The van der Waals surface area contributed by atoms with E-state index in [1.807, 2.05) is 29.2 Å². The lowest BCUT2D eigenvalue weighted by molar-refractivity contribution is 0.0735. The molecule has 3 aromatic rings. The van der Waals surface area contributed by atoms with Gasteiger partial charge < -0.3 is 4.90 Å². The topological polar surface area (TPSA) is 49.0 Å². The summed E-state index contributed by atoms with van der Waals surface area (Å²) in [6.07, 6.45) is 2.69. The highest BCUT2D eigenvalue weighted by Crippen LogP contribution is 2.21. The van der Waals surface area contributed by atoms with Gasteiger partial charge in [0.25, 0.3) is 5.91 Å². The number of H-pyrrole nitrogens is 1. The molecule has 0 fully saturated rings. The van der Waals surface area contributed by atoms with E-state index in [4.69, 9.17) is 0 Å². The molecular weight excluding hydrogens is 262 g/mol. The molecule has 4 nitrogen and oxygen atoms in total. The average molecular weight is 277 g/mol. The fourth-order valence-corrected chi connectivity index (χ4v) is 2.92. The third kappa shape index (κ3) is 2.09. The van der Waals surface area contributed by atoms with Gasteiger partial charge in [0.05, 0.1) is 11.7 Å². The first-order valence-corrected chi connectivity index (χ1v) is 7.10. The Morgan fingerprint density at radius 2 is 2.00 bits per heavy atom. The van der Waals surface area contributed by atoms with Gasteiger partial charge in [-0.2, -0.15) is 5.10 Å². The van der Waals surface area contributed by atoms with Crippen LogP contribution >= 0.6 is 0 Å². The summed E-state index contributed by atoms with van der Waals surface area (Å²) in [6.45, 7) is 1.47. The summed E-state index contributed by atoms with van der Waals surface area (Å²) >= 11 is 0. The Labute approximate surface area is 122 Å². The number of amides is 1. The predicted molar refractivity (Wildman–Crippen MR) is 81.0 cm³/mol. The molecule has 0 saturated heterocycles. The van der Waals surface area contributed by atoms with E-state index in [-0.39, 0.29) is 5.91 Å². The van der Waals surface area contributed by atoms with Gasteiger partial charge in [0.2, 0.25) is 0 Å². The maximum Gasteiger partial charge on any atom is 0.254 e. The molecule has 0 atom stereocenters. The lowest BCUT2D eigenvalue weighted by atomic mass is 9.99. The molecule has 2 aromatic carbocycles. The SMILES string of the molecule is O=C(c1ccc2cn[nH]c2c1)N1CCc2ccccc2C1. The summed E-state index contributed by atoms with van der Waals surface area (Å²) < 4.78 is 0. The van der Waals surface area contributed by atoms with Crippen LogP contribution in [0, 0.1) is 0 Å². The van der Waals surface area contributed by atoms with E-state index in [2.05, 4.69) is 28.4 Å². The van der Waals surface area contributed by atoms with Crippen LogP contribution in [0.25, 0.3) is 10.9 Å². The van der Waals surface area contributed by atoms with Gasteiger partial charge in [-0.15, -0.1) is 0 Å². The number of rotatable bonds is 1. The highest BCUT2D eigenvalue weighted by Gasteiger charge is 2.21. The summed E-state index contributed by atoms with van der Waals surface area (Å²) in [5, 5.41) is 7.93. The summed E-state index contributed by atoms with van der Waals surface area (Å²) in [7, 11) is 0. The molecule has 0 aliphatic carbocycles. The second-order valence-electron chi connectivity index (χ2n) is 5.42. The van der Waals surface area contributed by atoms with E-state index in [1.54, 1.807) is 6.20 Å². The fraction of sp³-hybridized carbons (Fsp3) is 0.176. The maximum atomic E-state index is 12.7. The van der Waals surface area contributed by atoms with Crippen molar-refractivity contribution in [1.29, 1.82) is 0 Å². The van der Waals surface area contributed by atoms with Crippen LogP contribution in [-0.4, -0.2) is 27.5 Å². The first kappa shape index (κ1) is 12.1. The molecule has 21 heavy (non-hydrogen) atoms. The second kappa shape index (κ2) is 4.74. The molecule has 1 aromatic heterocycles. The van der Waals surface area contributed by atoms with Crippen LogP contribution in [-0.2, 0) is 13.0 Å². The van der Waals surface area contributed by atoms with E-state index in [1.165, 1.54) is 11.1 Å². The molecular formula is C17H15N3O. The molecule has 0 spiro atoms. The number of aromatic amines is 1. The molecule has 0 saturated carbocycles. The van der Waals surface area contributed by atoms with Crippen LogP contribution < -0.4 is 0 Å². The van der Waals surface area contributed by atoms with Gasteiger partial charge in [0.1, 0.15) is 0 Å². The van der Waals surface area contributed by atoms with E-state index in [9.17, 15) is 4.79 Å². The Kier molecular flexibility index (Phi) is 2.74. The molecule has 0 bridgehead atoms. The molecule has 1 aliphatic rings. The molecule has 1 aliphatic heterocycles. The van der Waals surface area contributed by atoms with Gasteiger partial charge in [-0.25, -0.2) is 0 Å². The molecule has 4 heteroatoms. The van der Waals surface area contributed by atoms with Gasteiger partial charge in [-0.05, 0) is 29.7 Å². The largest absolute Gasteiger partial charge is 0.334 e. The Morgan fingerprint density at radius 1 is 1.14 bits per heavy atom.